The van der Waals surface area contributed by atoms with E-state index in [2.05, 4.69) is 0 Å². The van der Waals surface area contributed by atoms with Gasteiger partial charge >= 0.3 is 0 Å². The van der Waals surface area contributed by atoms with Crippen LogP contribution in [0.15, 0.2) is 24.2 Å². The number of hydrogen-bond donors (Lipinski definition) is 1. The Labute approximate surface area is 121 Å². The summed E-state index contributed by atoms with van der Waals surface area (Å²) in [6, 6.07) is -5.49. The van der Waals surface area contributed by atoms with Gasteiger partial charge in [0.1, 0.15) is 2.74 Å². The second-order valence-corrected chi connectivity index (χ2v) is 3.42. The predicted octanol–water partition coefficient (Wildman–Crippen LogP) is 2.84. The fourth-order valence-corrected chi connectivity index (χ4v) is 0.935. The Morgan fingerprint density at radius 3 is 3.18 bits per heavy atom. The minimum absolute atomic E-state index is 0.537. The van der Waals surface area contributed by atoms with Crippen molar-refractivity contribution in [2.24, 2.45) is 5.41 Å². The van der Waals surface area contributed by atoms with Crippen LogP contribution in [0, 0.1) is 5.41 Å². The average molecular weight is 248 g/mol. The van der Waals surface area contributed by atoms with Gasteiger partial charge in [-0.15, -0.1) is 0 Å². The summed E-state index contributed by atoms with van der Waals surface area (Å²) < 4.78 is 118. The molecular formula is C14H18O3. The van der Waals surface area contributed by atoms with Crippen LogP contribution < -0.4 is 9.47 Å². The zero-order valence-electron chi connectivity index (χ0n) is 22.8. The molecule has 0 radical (unpaired) electrons. The number of ether oxygens (including phenoxy) is 2. The van der Waals surface area contributed by atoms with Gasteiger partial charge < -0.3 is 14.6 Å². The van der Waals surface area contributed by atoms with E-state index >= 15 is 0 Å². The molecule has 0 aliphatic carbocycles. The van der Waals surface area contributed by atoms with Crippen molar-refractivity contribution in [2.45, 2.75) is 26.7 Å². The van der Waals surface area contributed by atoms with Gasteiger partial charge in [0, 0.05) is 8.22 Å². The van der Waals surface area contributed by atoms with E-state index in [0.29, 0.717) is 6.92 Å². The Kier molecular flexibility index (Phi) is 0.912. The summed E-state index contributed by atoms with van der Waals surface area (Å²) in [4.78, 5) is 0. The van der Waals surface area contributed by atoms with Crippen LogP contribution in [-0.2, 0) is 0 Å². The zero-order valence-corrected chi connectivity index (χ0v) is 8.76. The maximum atomic E-state index is 10.6. The molecule has 0 aromatic heterocycles. The largest absolute Gasteiger partial charge is 0.454 e. The molecule has 0 saturated carbocycles. The van der Waals surface area contributed by atoms with Crippen molar-refractivity contribution in [3.63, 3.8) is 0 Å². The molecule has 0 bridgehead atoms. The highest BCUT2D eigenvalue weighted by molar-refractivity contribution is 5.56. The van der Waals surface area contributed by atoms with E-state index in [-0.39, 0.29) is 0 Å². The van der Waals surface area contributed by atoms with Crippen LogP contribution in [-0.4, -0.2) is 17.9 Å². The van der Waals surface area contributed by atoms with Gasteiger partial charge in [-0.2, -0.15) is 0 Å². The number of benzene rings is 1. The molecule has 1 N–H and O–H groups in total. The van der Waals surface area contributed by atoms with Crippen LogP contribution in [0.4, 0.5) is 0 Å². The lowest BCUT2D eigenvalue weighted by Crippen LogP contribution is -2.23. The predicted molar refractivity (Wildman–Crippen MR) is 67.1 cm³/mol. The first-order valence-corrected chi connectivity index (χ1v) is 4.54. The van der Waals surface area contributed by atoms with Crippen molar-refractivity contribution in [1.82, 2.24) is 0 Å². The lowest BCUT2D eigenvalue weighted by Gasteiger charge is -2.22. The van der Waals surface area contributed by atoms with Crippen LogP contribution >= 0.6 is 0 Å². The second-order valence-electron chi connectivity index (χ2n) is 3.42. The van der Waals surface area contributed by atoms with Gasteiger partial charge in [-0.05, 0) is 23.1 Å². The topological polar surface area (TPSA) is 38.7 Å². The molecule has 92 valence electrons. The molecule has 0 fully saturated rings. The number of aliphatic hydroxyl groups is 1. The third kappa shape index (κ3) is 2.80. The Bertz CT molecular complexity index is 929. The van der Waals surface area contributed by atoms with Crippen molar-refractivity contribution >= 4 is 6.05 Å². The quantitative estimate of drug-likeness (QED) is 0.874. The summed E-state index contributed by atoms with van der Waals surface area (Å²) >= 11 is 0. The van der Waals surface area contributed by atoms with E-state index < -0.39 is 79.2 Å². The Balaban J connectivity index is 2.83. The highest BCUT2D eigenvalue weighted by atomic mass is 16.7. The maximum Gasteiger partial charge on any atom is 0.231 e. The van der Waals surface area contributed by atoms with Crippen LogP contribution in [0.1, 0.15) is 45.4 Å². The molecule has 1 unspecified atom stereocenters. The Hall–Kier alpha value is -1.48. The van der Waals surface area contributed by atoms with Crippen molar-refractivity contribution in [3.8, 4) is 11.5 Å². The monoisotopic (exact) mass is 248 g/mol. The third-order valence-corrected chi connectivity index (χ3v) is 1.81. The van der Waals surface area contributed by atoms with E-state index in [9.17, 15) is 5.11 Å². The molecule has 1 aromatic carbocycles. The standard InChI is InChI=1S/C14H18O3/c1-14(2,3)13(15)7-5-10-4-6-11-12(8-10)17-9-16-11/h4-8,13,15H,9H2,1-3H3/b7-5+/i1D3,2D3,4D,5D,6D,7D,8D,9D2,13D. The van der Waals surface area contributed by atoms with Crippen molar-refractivity contribution in [1.29, 1.82) is 0 Å². The first kappa shape index (κ1) is 3.51. The van der Waals surface area contributed by atoms with Crippen LogP contribution in [0.5, 0.6) is 11.5 Å². The summed E-state index contributed by atoms with van der Waals surface area (Å²) in [5, 5.41) is 10.6. The van der Waals surface area contributed by atoms with E-state index in [1.165, 1.54) is 0 Å². The minimum Gasteiger partial charge on any atom is -0.454 e. The fraction of sp³-hybridized carbons (Fsp3) is 0.429. The Morgan fingerprint density at radius 2 is 2.41 bits per heavy atom. The summed E-state index contributed by atoms with van der Waals surface area (Å²) in [6.45, 7) is -9.25. The Morgan fingerprint density at radius 1 is 1.65 bits per heavy atom. The van der Waals surface area contributed by atoms with Gasteiger partial charge in [-0.25, -0.2) is 0 Å². The lowest BCUT2D eigenvalue weighted by molar-refractivity contribution is 0.106. The second kappa shape index (κ2) is 4.41. The zero-order chi connectivity index (χ0) is 24.5. The SMILES string of the molecule is [2H]/C(=C(/[2H])C([2H])(O)C(C)(C([2H])([2H])[2H])C([2H])([2H])[2H])c1c([2H])c([2H])c2c(c1[2H])OC([2H])([2H])O2. The van der Waals surface area contributed by atoms with E-state index in [1.807, 2.05) is 0 Å². The molecule has 3 nitrogen and oxygen atoms in total. The highest BCUT2D eigenvalue weighted by Crippen LogP contribution is 2.33. The summed E-state index contributed by atoms with van der Waals surface area (Å²) in [5.74, 6) is -1.29. The van der Waals surface area contributed by atoms with Gasteiger partial charge in [0.05, 0.1) is 14.3 Å². The van der Waals surface area contributed by atoms with Crippen molar-refractivity contribution in [2.75, 3.05) is 6.75 Å². The first-order chi connectivity index (χ1) is 13.6. The number of hydrogen-bond acceptors (Lipinski definition) is 3. The molecule has 1 atom stereocenters. The van der Waals surface area contributed by atoms with Crippen LogP contribution in [0.3, 0.4) is 0 Å². The van der Waals surface area contributed by atoms with Gasteiger partial charge in [0.2, 0.25) is 6.75 Å². The average Bonchev–Trinajstić information content (AvgIpc) is 2.92. The van der Waals surface area contributed by atoms with Crippen LogP contribution in [0.2, 0.25) is 0 Å². The molecule has 1 heterocycles. The first-order valence-electron chi connectivity index (χ1n) is 11.5. The van der Waals surface area contributed by atoms with Gasteiger partial charge in [0.25, 0.3) is 0 Å². The van der Waals surface area contributed by atoms with Crippen molar-refractivity contribution in [3.05, 3.63) is 29.7 Å². The molecular weight excluding hydrogens is 216 g/mol. The molecule has 1 aliphatic rings. The van der Waals surface area contributed by atoms with Gasteiger partial charge in [-0.1, -0.05) is 38.8 Å². The normalized spacial score (nSPS) is 35.9. The van der Waals surface area contributed by atoms with Gasteiger partial charge in [-0.3, -0.25) is 0 Å². The van der Waals surface area contributed by atoms with E-state index in [1.54, 1.807) is 0 Å². The fourth-order valence-electron chi connectivity index (χ4n) is 0.935. The number of fused-ring (bicyclic) bond motifs is 1. The molecule has 0 amide bonds. The summed E-state index contributed by atoms with van der Waals surface area (Å²) in [7, 11) is 0. The van der Waals surface area contributed by atoms with Gasteiger partial charge in [0.15, 0.2) is 11.5 Å². The minimum atomic E-state index is -3.72. The molecule has 17 heavy (non-hydrogen) atoms. The molecule has 0 saturated heterocycles. The molecule has 1 aromatic rings. The molecule has 3 heteroatoms. The molecule has 2 rings (SSSR count). The molecule has 1 aliphatic heterocycles. The molecule has 0 spiro atoms. The third-order valence-electron chi connectivity index (χ3n) is 1.81. The number of rotatable bonds is 2. The van der Waals surface area contributed by atoms with E-state index in [0.717, 1.165) is 0 Å². The lowest BCUT2D eigenvalue weighted by atomic mass is 9.89. The van der Waals surface area contributed by atoms with Crippen molar-refractivity contribution < 1.29 is 33.8 Å². The highest BCUT2D eigenvalue weighted by Gasteiger charge is 2.19. The maximum absolute atomic E-state index is 10.6. The summed E-state index contributed by atoms with van der Waals surface area (Å²) in [6.07, 6.45) is -3.72. The van der Waals surface area contributed by atoms with Crippen LogP contribution in [0.25, 0.3) is 6.05 Å². The van der Waals surface area contributed by atoms with E-state index in [4.69, 9.17) is 28.7 Å². The summed E-state index contributed by atoms with van der Waals surface area (Å²) in [5.41, 5.74) is -4.13. The smallest absolute Gasteiger partial charge is 0.231 e.